The summed E-state index contributed by atoms with van der Waals surface area (Å²) >= 11 is 0. The van der Waals surface area contributed by atoms with E-state index in [1.807, 2.05) is 0 Å². The summed E-state index contributed by atoms with van der Waals surface area (Å²) in [5.74, 6) is 0.210. The fourth-order valence-corrected chi connectivity index (χ4v) is 1.90. The minimum Gasteiger partial charge on any atom is -0.296 e. The summed E-state index contributed by atoms with van der Waals surface area (Å²) in [5, 5.41) is 3.71. The number of rotatable bonds is 2. The molecular formula is C8H13N3O2. The maximum atomic E-state index is 10.7. The monoisotopic (exact) mass is 183 g/mol. The van der Waals surface area contributed by atoms with Crippen LogP contribution >= 0.6 is 0 Å². The fraction of sp³-hybridized carbons (Fsp3) is 0.750. The number of aromatic amines is 1. The molecule has 1 aromatic rings. The van der Waals surface area contributed by atoms with Crippen LogP contribution in [-0.4, -0.2) is 28.1 Å². The molecule has 2 rings (SSSR count). The van der Waals surface area contributed by atoms with Gasteiger partial charge < -0.3 is 0 Å². The minimum absolute atomic E-state index is 0.247. The molecule has 0 radical (unpaired) electrons. The Morgan fingerprint density at radius 2 is 2.62 bits per heavy atom. The van der Waals surface area contributed by atoms with E-state index in [1.165, 1.54) is 0 Å². The van der Waals surface area contributed by atoms with E-state index in [1.54, 1.807) is 0 Å². The average molecular weight is 183 g/mol. The number of nitrogens with one attached hydrogen (secondary N) is 1. The smallest absolute Gasteiger partial charge is 0.296 e. The molecule has 0 spiro atoms. The average Bonchev–Trinajstić information content (AvgIpc) is 2.71. The van der Waals surface area contributed by atoms with Gasteiger partial charge in [-0.15, -0.1) is 0 Å². The van der Waals surface area contributed by atoms with Crippen molar-refractivity contribution in [1.29, 1.82) is 0 Å². The summed E-state index contributed by atoms with van der Waals surface area (Å²) < 4.78 is 4.48. The molecule has 0 amide bonds. The first-order valence-corrected chi connectivity index (χ1v) is 4.61. The molecule has 0 aliphatic carbocycles. The summed E-state index contributed by atoms with van der Waals surface area (Å²) in [6.07, 6.45) is 2.21. The first kappa shape index (κ1) is 8.50. The van der Waals surface area contributed by atoms with E-state index in [2.05, 4.69) is 26.5 Å². The van der Waals surface area contributed by atoms with Gasteiger partial charge in [-0.1, -0.05) is 12.1 Å². The highest BCUT2D eigenvalue weighted by Gasteiger charge is 2.27. The summed E-state index contributed by atoms with van der Waals surface area (Å²) in [6.45, 7) is 4.17. The van der Waals surface area contributed by atoms with Crippen molar-refractivity contribution in [1.82, 2.24) is 15.0 Å². The molecule has 1 aliphatic heterocycles. The third-order valence-corrected chi connectivity index (χ3v) is 2.54. The third kappa shape index (κ3) is 1.51. The maximum absolute atomic E-state index is 10.7. The van der Waals surface area contributed by atoms with Crippen LogP contribution in [0.1, 0.15) is 31.6 Å². The molecule has 1 aromatic heterocycles. The molecule has 5 nitrogen and oxygen atoms in total. The highest BCUT2D eigenvalue weighted by Crippen LogP contribution is 2.28. The van der Waals surface area contributed by atoms with Crippen molar-refractivity contribution in [3.63, 3.8) is 0 Å². The summed E-state index contributed by atoms with van der Waals surface area (Å²) in [6, 6.07) is 0.247. The molecule has 72 valence electrons. The van der Waals surface area contributed by atoms with E-state index < -0.39 is 5.76 Å². The SMILES string of the molecule is CCN1CCCC1c1noc(=O)[nH]1. The largest absolute Gasteiger partial charge is 0.438 e. The molecule has 5 heteroatoms. The highest BCUT2D eigenvalue weighted by atomic mass is 16.5. The van der Waals surface area contributed by atoms with Gasteiger partial charge in [-0.3, -0.25) is 14.4 Å². The molecule has 1 fully saturated rings. The Morgan fingerprint density at radius 3 is 3.23 bits per heavy atom. The van der Waals surface area contributed by atoms with Crippen LogP contribution in [0.2, 0.25) is 0 Å². The molecule has 1 N–H and O–H groups in total. The van der Waals surface area contributed by atoms with Gasteiger partial charge in [-0.05, 0) is 25.9 Å². The van der Waals surface area contributed by atoms with Crippen LogP contribution in [0.4, 0.5) is 0 Å². The van der Waals surface area contributed by atoms with E-state index in [0.717, 1.165) is 25.9 Å². The van der Waals surface area contributed by atoms with Crippen LogP contribution in [0.5, 0.6) is 0 Å². The molecule has 0 bridgehead atoms. The number of H-pyrrole nitrogens is 1. The van der Waals surface area contributed by atoms with Gasteiger partial charge >= 0.3 is 5.76 Å². The van der Waals surface area contributed by atoms with E-state index in [-0.39, 0.29) is 6.04 Å². The molecule has 1 aliphatic rings. The van der Waals surface area contributed by atoms with E-state index >= 15 is 0 Å². The van der Waals surface area contributed by atoms with Gasteiger partial charge in [0.05, 0.1) is 6.04 Å². The van der Waals surface area contributed by atoms with Crippen molar-refractivity contribution in [2.45, 2.75) is 25.8 Å². The van der Waals surface area contributed by atoms with Gasteiger partial charge in [0.25, 0.3) is 0 Å². The topological polar surface area (TPSA) is 62.1 Å². The second kappa shape index (κ2) is 3.33. The predicted molar refractivity (Wildman–Crippen MR) is 46.3 cm³/mol. The number of hydrogen-bond donors (Lipinski definition) is 1. The summed E-state index contributed by atoms with van der Waals surface area (Å²) in [4.78, 5) is 15.6. The lowest BCUT2D eigenvalue weighted by Gasteiger charge is -2.19. The van der Waals surface area contributed by atoms with Gasteiger partial charge in [0.1, 0.15) is 0 Å². The van der Waals surface area contributed by atoms with Gasteiger partial charge in [0.15, 0.2) is 5.82 Å². The molecule has 1 unspecified atom stereocenters. The van der Waals surface area contributed by atoms with Crippen molar-refractivity contribution in [3.05, 3.63) is 16.4 Å². The van der Waals surface area contributed by atoms with Crippen molar-refractivity contribution < 1.29 is 4.52 Å². The van der Waals surface area contributed by atoms with Crippen LogP contribution in [0.3, 0.4) is 0 Å². The zero-order valence-corrected chi connectivity index (χ0v) is 7.62. The lowest BCUT2D eigenvalue weighted by molar-refractivity contribution is 0.254. The number of hydrogen-bond acceptors (Lipinski definition) is 4. The molecule has 1 saturated heterocycles. The van der Waals surface area contributed by atoms with Gasteiger partial charge in [-0.2, -0.15) is 0 Å². The normalized spacial score (nSPS) is 23.9. The van der Waals surface area contributed by atoms with Gasteiger partial charge in [0.2, 0.25) is 0 Å². The minimum atomic E-state index is -0.460. The summed E-state index contributed by atoms with van der Waals surface area (Å²) in [5.41, 5.74) is 0. The lowest BCUT2D eigenvalue weighted by Crippen LogP contribution is -2.23. The molecule has 0 aromatic carbocycles. The zero-order valence-electron chi connectivity index (χ0n) is 7.62. The Labute approximate surface area is 75.7 Å². The summed E-state index contributed by atoms with van der Waals surface area (Å²) in [7, 11) is 0. The molecule has 2 heterocycles. The van der Waals surface area contributed by atoms with Crippen molar-refractivity contribution in [3.8, 4) is 0 Å². The Bertz CT molecular complexity index is 330. The lowest BCUT2D eigenvalue weighted by atomic mass is 10.2. The number of nitrogens with zero attached hydrogens (tertiary/aromatic N) is 2. The standard InChI is InChI=1S/C8H13N3O2/c1-2-11-5-3-4-6(11)7-9-8(12)13-10-7/h6H,2-5H2,1H3,(H,9,10,12). The molecule has 13 heavy (non-hydrogen) atoms. The van der Waals surface area contributed by atoms with Gasteiger partial charge in [0, 0.05) is 0 Å². The fourth-order valence-electron chi connectivity index (χ4n) is 1.90. The van der Waals surface area contributed by atoms with E-state index in [0.29, 0.717) is 5.82 Å². The van der Waals surface area contributed by atoms with E-state index in [4.69, 9.17) is 0 Å². The van der Waals surface area contributed by atoms with Crippen LogP contribution in [0, 0.1) is 0 Å². The van der Waals surface area contributed by atoms with E-state index in [9.17, 15) is 4.79 Å². The highest BCUT2D eigenvalue weighted by molar-refractivity contribution is 4.94. The van der Waals surface area contributed by atoms with Crippen LogP contribution in [-0.2, 0) is 0 Å². The number of likely N-dealkylation sites (tertiary alicyclic amines) is 1. The van der Waals surface area contributed by atoms with Crippen molar-refractivity contribution >= 4 is 0 Å². The zero-order chi connectivity index (χ0) is 9.26. The van der Waals surface area contributed by atoms with Crippen molar-refractivity contribution in [2.75, 3.05) is 13.1 Å². The first-order valence-electron chi connectivity index (χ1n) is 4.61. The quantitative estimate of drug-likeness (QED) is 0.726. The molecule has 1 atom stereocenters. The number of aromatic nitrogens is 2. The Hall–Kier alpha value is -1.10. The Kier molecular flexibility index (Phi) is 2.18. The van der Waals surface area contributed by atoms with Crippen LogP contribution < -0.4 is 5.76 Å². The van der Waals surface area contributed by atoms with Crippen LogP contribution in [0.15, 0.2) is 9.32 Å². The van der Waals surface area contributed by atoms with Crippen molar-refractivity contribution in [2.24, 2.45) is 0 Å². The maximum Gasteiger partial charge on any atom is 0.438 e. The second-order valence-electron chi connectivity index (χ2n) is 3.27. The Morgan fingerprint density at radius 1 is 1.77 bits per heavy atom. The predicted octanol–water partition coefficient (Wildman–Crippen LogP) is 0.520. The van der Waals surface area contributed by atoms with Crippen LogP contribution in [0.25, 0.3) is 0 Å². The third-order valence-electron chi connectivity index (χ3n) is 2.54. The Balaban J connectivity index is 2.20. The van der Waals surface area contributed by atoms with Gasteiger partial charge in [-0.25, -0.2) is 4.79 Å². The molecular weight excluding hydrogens is 170 g/mol. The first-order chi connectivity index (χ1) is 6.31. The molecule has 0 saturated carbocycles. The second-order valence-corrected chi connectivity index (χ2v) is 3.27.